The normalized spacial score (nSPS) is 15.4. The Morgan fingerprint density at radius 2 is 1.73 bits per heavy atom. The van der Waals surface area contributed by atoms with Crippen LogP contribution in [0.1, 0.15) is 42.7 Å². The van der Waals surface area contributed by atoms with Gasteiger partial charge in [0.2, 0.25) is 15.9 Å². The largest absolute Gasteiger partial charge is 0.370 e. The Morgan fingerprint density at radius 1 is 1.03 bits per heavy atom. The number of aryl methyl sites for hydroxylation is 1. The molecule has 1 aliphatic rings. The quantitative estimate of drug-likeness (QED) is 0.226. The number of benzene rings is 3. The van der Waals surface area contributed by atoms with E-state index >= 15 is 0 Å². The Hall–Kier alpha value is -3.43. The lowest BCUT2D eigenvalue weighted by molar-refractivity contribution is -0.134. The van der Waals surface area contributed by atoms with Crippen molar-refractivity contribution >= 4 is 32.7 Å². The molecule has 4 rings (SSSR count). The number of hydrogen-bond donors (Lipinski definition) is 3. The maximum atomic E-state index is 13.5. The molecule has 9 heteroatoms. The highest BCUT2D eigenvalue weighted by molar-refractivity contribution is 7.89. The first kappa shape index (κ1) is 26.6. The average Bonchev–Trinajstić information content (AvgIpc) is 2.90. The third-order valence-electron chi connectivity index (χ3n) is 6.90. The number of sulfonamides is 1. The number of fused-ring (bicyclic) bond motifs is 1. The number of amides is 1. The molecule has 0 spiro atoms. The Kier molecular flexibility index (Phi) is 8.45. The first-order chi connectivity index (χ1) is 17.7. The van der Waals surface area contributed by atoms with Gasteiger partial charge in [-0.1, -0.05) is 60.2 Å². The van der Waals surface area contributed by atoms with Crippen LogP contribution < -0.4 is 16.2 Å². The number of guanidine groups is 1. The van der Waals surface area contributed by atoms with E-state index in [1.807, 2.05) is 43.3 Å². The topological polar surface area (TPSA) is 131 Å². The fourth-order valence-electron chi connectivity index (χ4n) is 4.88. The van der Waals surface area contributed by atoms with Crippen molar-refractivity contribution in [3.63, 3.8) is 0 Å². The predicted molar refractivity (Wildman–Crippen MR) is 148 cm³/mol. The molecule has 3 aromatic rings. The van der Waals surface area contributed by atoms with E-state index in [2.05, 4.69) is 21.8 Å². The van der Waals surface area contributed by atoms with Gasteiger partial charge in [0.05, 0.1) is 4.90 Å². The number of likely N-dealkylation sites (tertiary alicyclic amines) is 1. The van der Waals surface area contributed by atoms with E-state index in [1.54, 1.807) is 23.1 Å². The van der Waals surface area contributed by atoms with E-state index in [1.165, 1.54) is 5.56 Å². The maximum absolute atomic E-state index is 13.5. The summed E-state index contributed by atoms with van der Waals surface area (Å²) in [7, 11) is -3.94. The third kappa shape index (κ3) is 6.87. The molecule has 0 aliphatic carbocycles. The molecule has 0 unspecified atom stereocenters. The van der Waals surface area contributed by atoms with Gasteiger partial charge in [0.25, 0.3) is 0 Å². The molecular weight excluding hydrogens is 486 g/mol. The number of nitrogens with two attached hydrogens (primary N) is 2. The van der Waals surface area contributed by atoms with E-state index in [0.29, 0.717) is 38.4 Å². The van der Waals surface area contributed by atoms with Gasteiger partial charge in [0.1, 0.15) is 6.04 Å². The zero-order valence-corrected chi connectivity index (χ0v) is 22.0. The molecular formula is C28H35N5O3S. The molecule has 0 radical (unpaired) electrons. The van der Waals surface area contributed by atoms with Crippen LogP contribution in [0, 0.1) is 6.92 Å². The molecule has 0 saturated carbocycles. The van der Waals surface area contributed by atoms with Crippen LogP contribution >= 0.6 is 0 Å². The van der Waals surface area contributed by atoms with Crippen LogP contribution in [-0.4, -0.2) is 50.9 Å². The zero-order valence-electron chi connectivity index (χ0n) is 21.1. The molecule has 1 fully saturated rings. The summed E-state index contributed by atoms with van der Waals surface area (Å²) < 4.78 is 29.5. The van der Waals surface area contributed by atoms with Gasteiger partial charge in [0, 0.05) is 19.6 Å². The maximum Gasteiger partial charge on any atom is 0.241 e. The van der Waals surface area contributed by atoms with E-state index in [-0.39, 0.29) is 16.8 Å². The molecule has 5 N–H and O–H groups in total. The summed E-state index contributed by atoms with van der Waals surface area (Å²) in [6.45, 7) is 3.45. The molecule has 1 amide bonds. The van der Waals surface area contributed by atoms with Gasteiger partial charge in [-0.3, -0.25) is 9.79 Å². The molecule has 8 nitrogen and oxygen atoms in total. The second-order valence-electron chi connectivity index (χ2n) is 9.65. The number of hydrogen-bond acceptors (Lipinski definition) is 4. The minimum atomic E-state index is -3.94. The van der Waals surface area contributed by atoms with Crippen molar-refractivity contribution in [1.29, 1.82) is 0 Å². The van der Waals surface area contributed by atoms with Gasteiger partial charge in [-0.25, -0.2) is 8.42 Å². The minimum Gasteiger partial charge on any atom is -0.370 e. The number of carbonyl (C=O) groups excluding carboxylic acids is 1. The summed E-state index contributed by atoms with van der Waals surface area (Å²) >= 11 is 0. The SMILES string of the molecule is Cc1ccc2ccc(S(=O)(=O)N[C@@H](CCCN=C(N)N)C(=O)N3CCC(c4ccccc4)CC3)cc2c1. The van der Waals surface area contributed by atoms with Crippen LogP contribution in [0.4, 0.5) is 0 Å². The second kappa shape index (κ2) is 11.7. The smallest absolute Gasteiger partial charge is 0.241 e. The molecule has 3 aromatic carbocycles. The standard InChI is InChI=1S/C28H35N5O3S/c1-20-9-10-22-11-12-25(19-24(22)18-20)37(35,36)32-26(8-5-15-31-28(29)30)27(34)33-16-13-23(14-17-33)21-6-3-2-4-7-21/h2-4,6-7,9-12,18-19,23,26,32H,5,8,13-17H2,1H3,(H4,29,30,31)/t26-/m0/s1. The first-order valence-corrected chi connectivity index (χ1v) is 14.1. The number of piperidine rings is 1. The number of nitrogens with zero attached hydrogens (tertiary/aromatic N) is 2. The number of aliphatic imine (C=N–C) groups is 1. The van der Waals surface area contributed by atoms with Crippen molar-refractivity contribution < 1.29 is 13.2 Å². The highest BCUT2D eigenvalue weighted by atomic mass is 32.2. The fraction of sp³-hybridized carbons (Fsp3) is 0.357. The van der Waals surface area contributed by atoms with Crippen LogP contribution in [0.5, 0.6) is 0 Å². The summed E-state index contributed by atoms with van der Waals surface area (Å²) in [5.74, 6) is 0.151. The van der Waals surface area contributed by atoms with E-state index in [4.69, 9.17) is 11.5 Å². The van der Waals surface area contributed by atoms with Crippen LogP contribution in [0.15, 0.2) is 76.6 Å². The van der Waals surface area contributed by atoms with Crippen molar-refractivity contribution in [2.45, 2.75) is 49.5 Å². The molecule has 1 aliphatic heterocycles. The lowest BCUT2D eigenvalue weighted by atomic mass is 9.89. The number of carbonyl (C=O) groups is 1. The van der Waals surface area contributed by atoms with Gasteiger partial charge in [-0.15, -0.1) is 0 Å². The van der Waals surface area contributed by atoms with Gasteiger partial charge in [0.15, 0.2) is 5.96 Å². The van der Waals surface area contributed by atoms with Crippen molar-refractivity contribution in [2.75, 3.05) is 19.6 Å². The number of rotatable bonds is 9. The Morgan fingerprint density at radius 3 is 2.43 bits per heavy atom. The summed E-state index contributed by atoms with van der Waals surface area (Å²) in [6.07, 6.45) is 2.44. The second-order valence-corrected chi connectivity index (χ2v) is 11.4. The van der Waals surface area contributed by atoms with Crippen molar-refractivity contribution in [3.8, 4) is 0 Å². The summed E-state index contributed by atoms with van der Waals surface area (Å²) in [5.41, 5.74) is 13.2. The molecule has 196 valence electrons. The van der Waals surface area contributed by atoms with Gasteiger partial charge >= 0.3 is 0 Å². The number of nitrogens with one attached hydrogen (secondary N) is 1. The summed E-state index contributed by atoms with van der Waals surface area (Å²) in [5, 5.41) is 1.79. The predicted octanol–water partition coefficient (Wildman–Crippen LogP) is 3.25. The van der Waals surface area contributed by atoms with E-state index in [9.17, 15) is 13.2 Å². The van der Waals surface area contributed by atoms with Crippen LogP contribution in [0.2, 0.25) is 0 Å². The molecule has 0 bridgehead atoms. The molecule has 37 heavy (non-hydrogen) atoms. The summed E-state index contributed by atoms with van der Waals surface area (Å²) in [6, 6.07) is 20.3. The fourth-order valence-corrected chi connectivity index (χ4v) is 6.14. The van der Waals surface area contributed by atoms with Gasteiger partial charge in [-0.05, 0) is 67.0 Å². The van der Waals surface area contributed by atoms with Crippen molar-refractivity contribution in [3.05, 3.63) is 77.9 Å². The molecule has 1 atom stereocenters. The highest BCUT2D eigenvalue weighted by Gasteiger charge is 2.31. The van der Waals surface area contributed by atoms with Gasteiger partial charge < -0.3 is 16.4 Å². The zero-order chi connectivity index (χ0) is 26.4. The van der Waals surface area contributed by atoms with E-state index < -0.39 is 16.1 Å². The first-order valence-electron chi connectivity index (χ1n) is 12.6. The molecule has 1 heterocycles. The average molecular weight is 522 g/mol. The highest BCUT2D eigenvalue weighted by Crippen LogP contribution is 2.28. The monoisotopic (exact) mass is 521 g/mol. The van der Waals surface area contributed by atoms with Crippen molar-refractivity contribution in [1.82, 2.24) is 9.62 Å². The molecule has 0 aromatic heterocycles. The third-order valence-corrected chi connectivity index (χ3v) is 8.37. The van der Waals surface area contributed by atoms with E-state index in [0.717, 1.165) is 29.2 Å². The van der Waals surface area contributed by atoms with Crippen LogP contribution in [0.25, 0.3) is 10.8 Å². The Bertz CT molecular complexity index is 1360. The van der Waals surface area contributed by atoms with Crippen LogP contribution in [-0.2, 0) is 14.8 Å². The minimum absolute atomic E-state index is 0.0297. The lowest BCUT2D eigenvalue weighted by Gasteiger charge is -2.34. The van der Waals surface area contributed by atoms with Crippen molar-refractivity contribution in [2.24, 2.45) is 16.5 Å². The van der Waals surface area contributed by atoms with Gasteiger partial charge in [-0.2, -0.15) is 4.72 Å². The van der Waals surface area contributed by atoms with Crippen LogP contribution in [0.3, 0.4) is 0 Å². The summed E-state index contributed by atoms with van der Waals surface area (Å²) in [4.78, 5) is 19.4. The Labute approximate surface area is 218 Å². The Balaban J connectivity index is 1.50. The lowest BCUT2D eigenvalue weighted by Crippen LogP contribution is -2.50. The molecule has 1 saturated heterocycles.